The van der Waals surface area contributed by atoms with Gasteiger partial charge in [-0.05, 0) is 31.4 Å². The SMILES string of the molecule is COC1CCCC1NS(=O)(=O)c1ccc(F)c(N)c1F. The third-order valence-corrected chi connectivity index (χ3v) is 4.95. The van der Waals surface area contributed by atoms with Crippen LogP contribution in [0.15, 0.2) is 17.0 Å². The van der Waals surface area contributed by atoms with Gasteiger partial charge in [-0.15, -0.1) is 0 Å². The Morgan fingerprint density at radius 1 is 1.35 bits per heavy atom. The normalized spacial score (nSPS) is 23.1. The first kappa shape index (κ1) is 15.1. The maximum atomic E-state index is 13.8. The summed E-state index contributed by atoms with van der Waals surface area (Å²) in [4.78, 5) is -0.654. The van der Waals surface area contributed by atoms with Gasteiger partial charge in [0.25, 0.3) is 0 Å². The number of halogens is 2. The summed E-state index contributed by atoms with van der Waals surface area (Å²) in [5.74, 6) is -2.26. The van der Waals surface area contributed by atoms with Crippen LogP contribution in [0.4, 0.5) is 14.5 Å². The maximum absolute atomic E-state index is 13.8. The van der Waals surface area contributed by atoms with Gasteiger partial charge in [0, 0.05) is 13.2 Å². The fraction of sp³-hybridized carbons (Fsp3) is 0.500. The number of hydrogen-bond donors (Lipinski definition) is 2. The molecule has 112 valence electrons. The summed E-state index contributed by atoms with van der Waals surface area (Å²) in [7, 11) is -2.61. The highest BCUT2D eigenvalue weighted by atomic mass is 32.2. The zero-order chi connectivity index (χ0) is 14.9. The Kier molecular flexibility index (Phi) is 4.26. The highest BCUT2D eigenvalue weighted by molar-refractivity contribution is 7.89. The molecule has 20 heavy (non-hydrogen) atoms. The van der Waals surface area contributed by atoms with Gasteiger partial charge in [-0.25, -0.2) is 21.9 Å². The Morgan fingerprint density at radius 3 is 2.70 bits per heavy atom. The predicted octanol–water partition coefficient (Wildman–Crippen LogP) is 1.39. The molecule has 1 aromatic carbocycles. The molecule has 1 aromatic rings. The van der Waals surface area contributed by atoms with Crippen LogP contribution in [0.5, 0.6) is 0 Å². The van der Waals surface area contributed by atoms with E-state index in [0.717, 1.165) is 25.0 Å². The Hall–Kier alpha value is -1.25. The Bertz CT molecular complexity index is 607. The molecular formula is C12H16F2N2O3S. The minimum absolute atomic E-state index is 0.245. The summed E-state index contributed by atoms with van der Waals surface area (Å²) in [6.45, 7) is 0. The van der Waals surface area contributed by atoms with Gasteiger partial charge < -0.3 is 10.5 Å². The molecule has 0 aliphatic heterocycles. The van der Waals surface area contributed by atoms with Crippen LogP contribution in [0.3, 0.4) is 0 Å². The van der Waals surface area contributed by atoms with Gasteiger partial charge in [0.2, 0.25) is 10.0 Å². The quantitative estimate of drug-likeness (QED) is 0.824. The third-order valence-electron chi connectivity index (χ3n) is 3.44. The minimum Gasteiger partial charge on any atom is -0.394 e. The van der Waals surface area contributed by atoms with Crippen LogP contribution in [-0.4, -0.2) is 27.7 Å². The second-order valence-electron chi connectivity index (χ2n) is 4.71. The first-order chi connectivity index (χ1) is 9.36. The number of ether oxygens (including phenoxy) is 1. The molecule has 5 nitrogen and oxygen atoms in total. The van der Waals surface area contributed by atoms with E-state index in [4.69, 9.17) is 10.5 Å². The zero-order valence-corrected chi connectivity index (χ0v) is 11.7. The highest BCUT2D eigenvalue weighted by Gasteiger charge is 2.32. The maximum Gasteiger partial charge on any atom is 0.243 e. The van der Waals surface area contributed by atoms with E-state index in [-0.39, 0.29) is 6.10 Å². The molecule has 0 heterocycles. The molecule has 1 aliphatic carbocycles. The van der Waals surface area contributed by atoms with Crippen molar-refractivity contribution in [1.82, 2.24) is 4.72 Å². The van der Waals surface area contributed by atoms with Crippen LogP contribution < -0.4 is 10.5 Å². The van der Waals surface area contributed by atoms with Crippen molar-refractivity contribution in [2.75, 3.05) is 12.8 Å². The zero-order valence-electron chi connectivity index (χ0n) is 10.9. The molecule has 1 fully saturated rings. The third kappa shape index (κ3) is 2.77. The summed E-state index contributed by atoms with van der Waals surface area (Å²) < 4.78 is 58.7. The largest absolute Gasteiger partial charge is 0.394 e. The van der Waals surface area contributed by atoms with Crippen molar-refractivity contribution in [2.45, 2.75) is 36.3 Å². The predicted molar refractivity (Wildman–Crippen MR) is 69.5 cm³/mol. The van der Waals surface area contributed by atoms with Gasteiger partial charge in [-0.2, -0.15) is 0 Å². The van der Waals surface area contributed by atoms with Crippen LogP contribution in [0.1, 0.15) is 19.3 Å². The molecule has 0 amide bonds. The summed E-state index contributed by atoms with van der Waals surface area (Å²) in [6.07, 6.45) is 1.92. The highest BCUT2D eigenvalue weighted by Crippen LogP contribution is 2.26. The van der Waals surface area contributed by atoms with Crippen molar-refractivity contribution in [3.8, 4) is 0 Å². The van der Waals surface area contributed by atoms with Gasteiger partial charge in [0.05, 0.1) is 6.10 Å². The lowest BCUT2D eigenvalue weighted by atomic mass is 10.2. The van der Waals surface area contributed by atoms with Gasteiger partial charge in [0.1, 0.15) is 16.4 Å². The van der Waals surface area contributed by atoms with Crippen LogP contribution in [-0.2, 0) is 14.8 Å². The number of nitrogens with one attached hydrogen (secondary N) is 1. The number of rotatable bonds is 4. The van der Waals surface area contributed by atoms with Crippen LogP contribution in [0, 0.1) is 11.6 Å². The van der Waals surface area contributed by atoms with E-state index in [1.807, 2.05) is 0 Å². The molecule has 0 aromatic heterocycles. The molecule has 2 unspecified atom stereocenters. The molecular weight excluding hydrogens is 290 g/mol. The molecule has 8 heteroatoms. The second-order valence-corrected chi connectivity index (χ2v) is 6.39. The van der Waals surface area contributed by atoms with E-state index in [1.165, 1.54) is 7.11 Å². The van der Waals surface area contributed by atoms with E-state index < -0.39 is 38.3 Å². The lowest BCUT2D eigenvalue weighted by molar-refractivity contribution is 0.0916. The molecule has 0 radical (unpaired) electrons. The molecule has 0 spiro atoms. The first-order valence-corrected chi connectivity index (χ1v) is 7.63. The summed E-state index contributed by atoms with van der Waals surface area (Å²) in [5, 5.41) is 0. The van der Waals surface area contributed by atoms with E-state index in [2.05, 4.69) is 4.72 Å². The molecule has 0 saturated heterocycles. The first-order valence-electron chi connectivity index (χ1n) is 6.15. The van der Waals surface area contributed by atoms with Crippen molar-refractivity contribution in [3.05, 3.63) is 23.8 Å². The summed E-state index contributed by atoms with van der Waals surface area (Å²) in [5.41, 5.74) is 4.37. The topological polar surface area (TPSA) is 81.4 Å². The number of hydrogen-bond acceptors (Lipinski definition) is 4. The minimum atomic E-state index is -4.11. The van der Waals surface area contributed by atoms with Gasteiger partial charge >= 0.3 is 0 Å². The molecule has 2 rings (SSSR count). The average Bonchev–Trinajstić information content (AvgIpc) is 2.82. The van der Waals surface area contributed by atoms with Crippen LogP contribution >= 0.6 is 0 Å². The number of nitrogen functional groups attached to an aromatic ring is 1. The molecule has 1 aliphatic rings. The fourth-order valence-corrected chi connectivity index (χ4v) is 3.75. The standard InChI is InChI=1S/C12H16F2N2O3S/c1-19-9-4-2-3-8(9)16-20(17,18)10-6-5-7(13)12(15)11(10)14/h5-6,8-9,16H,2-4,15H2,1H3. The average molecular weight is 306 g/mol. The van der Waals surface area contributed by atoms with E-state index in [9.17, 15) is 17.2 Å². The Morgan fingerprint density at radius 2 is 2.05 bits per heavy atom. The van der Waals surface area contributed by atoms with Crippen molar-refractivity contribution < 1.29 is 21.9 Å². The smallest absolute Gasteiger partial charge is 0.243 e. The van der Waals surface area contributed by atoms with E-state index >= 15 is 0 Å². The van der Waals surface area contributed by atoms with E-state index in [0.29, 0.717) is 6.42 Å². The Balaban J connectivity index is 2.29. The molecule has 3 N–H and O–H groups in total. The Labute approximate surface area is 116 Å². The number of anilines is 1. The molecule has 0 bridgehead atoms. The van der Waals surface area contributed by atoms with Crippen molar-refractivity contribution in [2.24, 2.45) is 0 Å². The second kappa shape index (κ2) is 5.63. The van der Waals surface area contributed by atoms with Gasteiger partial charge in [-0.1, -0.05) is 0 Å². The summed E-state index contributed by atoms with van der Waals surface area (Å²) >= 11 is 0. The fourth-order valence-electron chi connectivity index (χ4n) is 2.36. The lowest BCUT2D eigenvalue weighted by Crippen LogP contribution is -2.41. The van der Waals surface area contributed by atoms with Crippen LogP contribution in [0.2, 0.25) is 0 Å². The van der Waals surface area contributed by atoms with Crippen molar-refractivity contribution >= 4 is 15.7 Å². The van der Waals surface area contributed by atoms with Crippen molar-refractivity contribution in [3.63, 3.8) is 0 Å². The summed E-state index contributed by atoms with van der Waals surface area (Å²) in [6, 6.07) is 1.27. The number of benzene rings is 1. The lowest BCUT2D eigenvalue weighted by Gasteiger charge is -2.20. The number of nitrogens with two attached hydrogens (primary N) is 1. The monoisotopic (exact) mass is 306 g/mol. The molecule has 2 atom stereocenters. The van der Waals surface area contributed by atoms with Crippen LogP contribution in [0.25, 0.3) is 0 Å². The van der Waals surface area contributed by atoms with Gasteiger partial charge in [0.15, 0.2) is 5.82 Å². The number of methoxy groups -OCH3 is 1. The van der Waals surface area contributed by atoms with E-state index in [1.54, 1.807) is 0 Å². The molecule has 1 saturated carbocycles. The number of sulfonamides is 1. The van der Waals surface area contributed by atoms with Crippen molar-refractivity contribution in [1.29, 1.82) is 0 Å². The van der Waals surface area contributed by atoms with Gasteiger partial charge in [-0.3, -0.25) is 0 Å².